The van der Waals surface area contributed by atoms with Gasteiger partial charge in [-0.15, -0.1) is 22.4 Å². The average Bonchev–Trinajstić information content (AvgIpc) is 2.68. The van der Waals surface area contributed by atoms with Crippen molar-refractivity contribution >= 4 is 41.9 Å². The Hall–Kier alpha value is 1.28. The zero-order valence-corrected chi connectivity index (χ0v) is 15.7. The van der Waals surface area contributed by atoms with E-state index in [-0.39, 0.29) is 17.0 Å². The van der Waals surface area contributed by atoms with Crippen LogP contribution in [0.15, 0.2) is 11.4 Å². The van der Waals surface area contributed by atoms with Crippen molar-refractivity contribution in [2.75, 3.05) is 0 Å². The Morgan fingerprint density at radius 2 is 2.07 bits per heavy atom. The zero-order valence-electron chi connectivity index (χ0n) is 8.59. The number of rotatable bonds is 5. The molecule has 0 fully saturated rings. The van der Waals surface area contributed by atoms with Gasteiger partial charge in [0, 0.05) is 0 Å². The molecule has 4 heteroatoms. The second kappa shape index (κ2) is 14.3. The van der Waals surface area contributed by atoms with Gasteiger partial charge in [-0.1, -0.05) is 39.0 Å². The number of hydrogen-bond acceptors (Lipinski definition) is 1. The second-order valence-electron chi connectivity index (χ2n) is 2.88. The van der Waals surface area contributed by atoms with Gasteiger partial charge in [0.1, 0.15) is 0 Å². The molecule has 0 aromatic carbocycles. The number of thiophene rings is 1. The van der Waals surface area contributed by atoms with E-state index in [1.807, 2.05) is 0 Å². The summed E-state index contributed by atoms with van der Waals surface area (Å²) in [5, 5.41) is 5.31. The van der Waals surface area contributed by atoms with Gasteiger partial charge in [-0.05, 0) is 0 Å². The van der Waals surface area contributed by atoms with E-state index in [0.29, 0.717) is 0 Å². The molecule has 0 amide bonds. The topological polar surface area (TPSA) is 0 Å². The minimum atomic E-state index is 0. The summed E-state index contributed by atoms with van der Waals surface area (Å²) in [5.74, 6) is 0. The zero-order chi connectivity index (χ0) is 9.94. The normalized spacial score (nSPS) is 8.57. The number of aryl methyl sites for hydroxylation is 1. The van der Waals surface area contributed by atoms with Crippen LogP contribution in [0.4, 0.5) is 0 Å². The molecule has 0 nitrogen and oxygen atoms in total. The van der Waals surface area contributed by atoms with Crippen LogP contribution in [0.1, 0.15) is 38.2 Å². The third kappa shape index (κ3) is 9.82. The van der Waals surface area contributed by atoms with E-state index in [1.54, 1.807) is 11.3 Å². The number of hydrogen-bond donors (Lipinski definition) is 0. The van der Waals surface area contributed by atoms with Crippen LogP contribution in [0.2, 0.25) is 0 Å². The fraction of sp³-hybridized carbons (Fsp3) is 0.600. The van der Waals surface area contributed by atoms with Crippen LogP contribution in [0.25, 0.3) is 0 Å². The van der Waals surface area contributed by atoms with Crippen molar-refractivity contribution in [3.63, 3.8) is 0 Å². The molecule has 0 saturated carbocycles. The predicted octanol–water partition coefficient (Wildman–Crippen LogP) is 5.09. The van der Waals surface area contributed by atoms with Gasteiger partial charge in [0.15, 0.2) is 0 Å². The molecule has 0 atom stereocenters. The van der Waals surface area contributed by atoms with E-state index in [0.717, 1.165) is 0 Å². The first-order valence-corrected chi connectivity index (χ1v) is 12.5. The molecule has 0 aliphatic rings. The summed E-state index contributed by atoms with van der Waals surface area (Å²) < 4.78 is 0. The Balaban J connectivity index is 0. The van der Waals surface area contributed by atoms with Crippen LogP contribution in [-0.2, 0) is 22.8 Å². The van der Waals surface area contributed by atoms with Gasteiger partial charge in [0.05, 0.1) is 0 Å². The average molecular weight is 394 g/mol. The molecule has 78 valence electrons. The van der Waals surface area contributed by atoms with Gasteiger partial charge in [-0.25, -0.2) is 0 Å². The van der Waals surface area contributed by atoms with E-state index < -0.39 is 0 Å². The number of unbranched alkanes of at least 4 members (excludes halogenated alkanes) is 3. The first kappa shape index (κ1) is 17.7. The molecule has 14 heavy (non-hydrogen) atoms. The van der Waals surface area contributed by atoms with Crippen molar-refractivity contribution in [2.24, 2.45) is 0 Å². The van der Waals surface area contributed by atoms with Crippen molar-refractivity contribution in [2.45, 2.75) is 39.0 Å². The summed E-state index contributed by atoms with van der Waals surface area (Å²) in [6.07, 6.45) is 6.69. The molecule has 0 spiro atoms. The van der Waals surface area contributed by atoms with Gasteiger partial charge >= 0.3 is 30.0 Å². The molecule has 0 saturated heterocycles. The third-order valence-corrected chi connectivity index (χ3v) is 2.52. The fourth-order valence-corrected chi connectivity index (χ4v) is 1.77. The molecule has 1 heterocycles. The van der Waals surface area contributed by atoms with Gasteiger partial charge in [-0.3, -0.25) is 0 Å². The van der Waals surface area contributed by atoms with E-state index in [9.17, 15) is 0 Å². The summed E-state index contributed by atoms with van der Waals surface area (Å²) in [6, 6.07) is 2.11. The quantitative estimate of drug-likeness (QED) is 0.371. The first-order valence-electron chi connectivity index (χ1n) is 4.63. The Labute approximate surface area is 119 Å². The first-order chi connectivity index (χ1) is 6.43. The maximum absolute atomic E-state index is 3.11. The molecular formula is C10H16Br2SZn. The van der Waals surface area contributed by atoms with E-state index in [1.165, 1.54) is 54.0 Å². The summed E-state index contributed by atoms with van der Waals surface area (Å²) in [4.78, 5) is 0. The molecule has 0 aliphatic heterocycles. The minimum absolute atomic E-state index is 0. The predicted molar refractivity (Wildman–Crippen MR) is 70.3 cm³/mol. The van der Waals surface area contributed by atoms with Gasteiger partial charge in [0.25, 0.3) is 0 Å². The van der Waals surface area contributed by atoms with Crippen molar-refractivity contribution in [1.29, 1.82) is 0 Å². The van der Waals surface area contributed by atoms with Crippen molar-refractivity contribution in [3.8, 4) is 0 Å². The van der Waals surface area contributed by atoms with E-state index >= 15 is 0 Å². The van der Waals surface area contributed by atoms with E-state index in [2.05, 4.69) is 37.4 Å². The van der Waals surface area contributed by atoms with Crippen LogP contribution >= 0.6 is 41.9 Å². The van der Waals surface area contributed by atoms with Gasteiger partial charge in [0.2, 0.25) is 0 Å². The SMILES string of the molecule is Br.CCCCCCc1c[c-]sc1.[Zn+][Br]. The third-order valence-electron chi connectivity index (χ3n) is 1.84. The molecular weight excluding hydrogens is 377 g/mol. The van der Waals surface area contributed by atoms with Crippen LogP contribution in [0.3, 0.4) is 0 Å². The Kier molecular flexibility index (Phi) is 18.0. The molecule has 0 aliphatic carbocycles. The van der Waals surface area contributed by atoms with Crippen LogP contribution in [0, 0.1) is 5.38 Å². The van der Waals surface area contributed by atoms with Crippen molar-refractivity contribution in [3.05, 3.63) is 22.4 Å². The van der Waals surface area contributed by atoms with Crippen molar-refractivity contribution < 1.29 is 16.3 Å². The van der Waals surface area contributed by atoms with Gasteiger partial charge < -0.3 is 11.3 Å². The fourth-order valence-electron chi connectivity index (χ4n) is 1.14. The molecule has 0 unspecified atom stereocenters. The van der Waals surface area contributed by atoms with Crippen LogP contribution < -0.4 is 0 Å². The van der Waals surface area contributed by atoms with Crippen LogP contribution in [-0.4, -0.2) is 0 Å². The summed E-state index contributed by atoms with van der Waals surface area (Å²) >= 11 is 5.93. The molecule has 0 bridgehead atoms. The Morgan fingerprint density at radius 3 is 2.57 bits per heavy atom. The van der Waals surface area contributed by atoms with Crippen LogP contribution in [0.5, 0.6) is 0 Å². The molecule has 1 rings (SSSR count). The summed E-state index contributed by atoms with van der Waals surface area (Å²) in [6.45, 7) is 2.25. The Morgan fingerprint density at radius 1 is 1.36 bits per heavy atom. The monoisotopic (exact) mass is 390 g/mol. The summed E-state index contributed by atoms with van der Waals surface area (Å²) in [5.41, 5.74) is 1.46. The maximum atomic E-state index is 3.11. The standard InChI is InChI=1S/C10H15S.2BrH.Zn/c1-2-3-4-5-6-10-7-8-11-9-10;;;/h7,9H,2-6H2,1H3;2*1H;/q-1;;;+2/p-1. The number of halogens is 2. The Bertz CT molecular complexity index is 178. The van der Waals surface area contributed by atoms with Crippen molar-refractivity contribution in [1.82, 2.24) is 0 Å². The summed E-state index contributed by atoms with van der Waals surface area (Å²) in [7, 11) is 0. The van der Waals surface area contributed by atoms with E-state index in [4.69, 9.17) is 0 Å². The molecule has 1 aromatic rings. The van der Waals surface area contributed by atoms with Gasteiger partial charge in [-0.2, -0.15) is 17.0 Å². The molecule has 1 aromatic heterocycles. The second-order valence-corrected chi connectivity index (χ2v) is 3.59. The molecule has 0 N–H and O–H groups in total. The molecule has 0 radical (unpaired) electrons.